The van der Waals surface area contributed by atoms with Gasteiger partial charge in [-0.3, -0.25) is 9.78 Å². The summed E-state index contributed by atoms with van der Waals surface area (Å²) < 4.78 is 0. The Labute approximate surface area is 117 Å². The van der Waals surface area contributed by atoms with Gasteiger partial charge in [-0.25, -0.2) is 4.79 Å². The van der Waals surface area contributed by atoms with Gasteiger partial charge < -0.3 is 16.0 Å². The second-order valence-corrected chi connectivity index (χ2v) is 4.40. The first kappa shape index (κ1) is 13.8. The Hall–Kier alpha value is -2.63. The van der Waals surface area contributed by atoms with Crippen LogP contribution in [0.3, 0.4) is 0 Å². The number of pyridine rings is 1. The lowest BCUT2D eigenvalue weighted by molar-refractivity contribution is -0.125. The van der Waals surface area contributed by atoms with Crippen LogP contribution >= 0.6 is 0 Å². The third-order valence-electron chi connectivity index (χ3n) is 3.00. The molecule has 0 aliphatic carbocycles. The van der Waals surface area contributed by atoms with Crippen LogP contribution in [-0.2, 0) is 4.79 Å². The third kappa shape index (κ3) is 3.23. The lowest BCUT2D eigenvalue weighted by Gasteiger charge is -2.26. The average molecular weight is 272 g/mol. The minimum absolute atomic E-state index is 0.0809. The van der Waals surface area contributed by atoms with Crippen LogP contribution in [0, 0.1) is 0 Å². The summed E-state index contributed by atoms with van der Waals surface area (Å²) >= 11 is 0. The molecule has 1 aliphatic rings. The van der Waals surface area contributed by atoms with Gasteiger partial charge in [0.2, 0.25) is 5.91 Å². The number of anilines is 1. The molecule has 3 N–H and O–H groups in total. The predicted molar refractivity (Wildman–Crippen MR) is 76.8 cm³/mol. The predicted octanol–water partition coefficient (Wildman–Crippen LogP) is 1.37. The summed E-state index contributed by atoms with van der Waals surface area (Å²) in [5, 5.41) is 2.45. The number of amides is 3. The number of nitrogens with zero attached hydrogens (tertiary/aromatic N) is 2. The number of urea groups is 1. The van der Waals surface area contributed by atoms with E-state index in [1.807, 2.05) is 0 Å². The molecule has 0 radical (unpaired) electrons. The van der Waals surface area contributed by atoms with Gasteiger partial charge >= 0.3 is 6.03 Å². The molecule has 0 atom stereocenters. The normalized spacial score (nSPS) is 14.4. The van der Waals surface area contributed by atoms with Gasteiger partial charge in [-0.1, -0.05) is 12.7 Å². The maximum atomic E-state index is 11.6. The molecule has 0 saturated heterocycles. The number of nitrogens with one attached hydrogen (secondary N) is 1. The van der Waals surface area contributed by atoms with Crippen molar-refractivity contribution in [3.8, 4) is 0 Å². The van der Waals surface area contributed by atoms with E-state index in [1.54, 1.807) is 17.0 Å². The number of carbonyl (C=O) groups excluding carboxylic acids is 2. The van der Waals surface area contributed by atoms with E-state index in [0.29, 0.717) is 18.8 Å². The summed E-state index contributed by atoms with van der Waals surface area (Å²) in [5.41, 5.74) is 7.33. The molecule has 0 saturated carbocycles. The Morgan fingerprint density at radius 1 is 1.45 bits per heavy atom. The minimum atomic E-state index is -0.626. The number of primary amides is 1. The molecule has 3 amide bonds. The molecule has 2 rings (SSSR count). The van der Waals surface area contributed by atoms with E-state index >= 15 is 0 Å². The van der Waals surface area contributed by atoms with Gasteiger partial charge in [-0.15, -0.1) is 0 Å². The van der Waals surface area contributed by atoms with Gasteiger partial charge in [0, 0.05) is 13.1 Å². The molecular formula is C14H16N4O2. The molecule has 104 valence electrons. The highest BCUT2D eigenvalue weighted by molar-refractivity contribution is 5.89. The Morgan fingerprint density at radius 3 is 2.85 bits per heavy atom. The highest BCUT2D eigenvalue weighted by Gasteiger charge is 2.17. The van der Waals surface area contributed by atoms with Crippen molar-refractivity contribution in [3.05, 3.63) is 42.8 Å². The van der Waals surface area contributed by atoms with Crippen LogP contribution in [0.25, 0.3) is 5.57 Å². The summed E-state index contributed by atoms with van der Waals surface area (Å²) in [6, 6.07) is 2.89. The number of aromatic nitrogens is 1. The van der Waals surface area contributed by atoms with Crippen molar-refractivity contribution in [1.29, 1.82) is 0 Å². The molecule has 0 fully saturated rings. The lowest BCUT2D eigenvalue weighted by Crippen LogP contribution is -2.34. The number of rotatable bonds is 3. The second kappa shape index (κ2) is 6.01. The molecule has 0 aromatic carbocycles. The van der Waals surface area contributed by atoms with Crippen LogP contribution in [0.15, 0.2) is 37.1 Å². The highest BCUT2D eigenvalue weighted by Crippen LogP contribution is 2.20. The summed E-state index contributed by atoms with van der Waals surface area (Å²) in [7, 11) is 0. The molecule has 2 heterocycles. The van der Waals surface area contributed by atoms with Crippen molar-refractivity contribution in [2.45, 2.75) is 6.42 Å². The van der Waals surface area contributed by atoms with Crippen LogP contribution in [0.2, 0.25) is 0 Å². The summed E-state index contributed by atoms with van der Waals surface area (Å²) in [6.45, 7) is 4.70. The van der Waals surface area contributed by atoms with Crippen molar-refractivity contribution in [2.24, 2.45) is 5.73 Å². The van der Waals surface area contributed by atoms with E-state index in [2.05, 4.69) is 23.0 Å². The van der Waals surface area contributed by atoms with E-state index in [-0.39, 0.29) is 5.91 Å². The maximum absolute atomic E-state index is 11.6. The third-order valence-corrected chi connectivity index (χ3v) is 3.00. The average Bonchev–Trinajstić information content (AvgIpc) is 2.47. The number of hydrogen-bond acceptors (Lipinski definition) is 3. The molecule has 0 spiro atoms. The van der Waals surface area contributed by atoms with Gasteiger partial charge in [-0.05, 0) is 30.2 Å². The second-order valence-electron chi connectivity index (χ2n) is 4.40. The summed E-state index contributed by atoms with van der Waals surface area (Å²) in [4.78, 5) is 28.3. The van der Waals surface area contributed by atoms with E-state index < -0.39 is 6.03 Å². The molecule has 1 aromatic rings. The maximum Gasteiger partial charge on any atom is 0.316 e. The van der Waals surface area contributed by atoms with Crippen LogP contribution in [0.4, 0.5) is 10.5 Å². The molecule has 6 heteroatoms. The van der Waals surface area contributed by atoms with E-state index in [0.717, 1.165) is 17.7 Å². The van der Waals surface area contributed by atoms with Gasteiger partial charge in [-0.2, -0.15) is 0 Å². The Balaban J connectivity index is 2.11. The molecule has 0 unspecified atom stereocenters. The van der Waals surface area contributed by atoms with E-state index in [4.69, 9.17) is 5.73 Å². The van der Waals surface area contributed by atoms with Gasteiger partial charge in [0.15, 0.2) is 0 Å². The number of hydrogen-bond donors (Lipinski definition) is 2. The van der Waals surface area contributed by atoms with E-state index in [1.165, 1.54) is 12.3 Å². The first-order valence-electron chi connectivity index (χ1n) is 6.23. The van der Waals surface area contributed by atoms with Gasteiger partial charge in [0.1, 0.15) is 0 Å². The van der Waals surface area contributed by atoms with Crippen LogP contribution < -0.4 is 11.1 Å². The number of carbonyl (C=O) groups is 2. The minimum Gasteiger partial charge on any atom is -0.351 e. The molecule has 1 aromatic heterocycles. The molecule has 1 aliphatic heterocycles. The van der Waals surface area contributed by atoms with Gasteiger partial charge in [0.25, 0.3) is 0 Å². The van der Waals surface area contributed by atoms with E-state index in [9.17, 15) is 9.59 Å². The highest BCUT2D eigenvalue weighted by atomic mass is 16.2. The van der Waals surface area contributed by atoms with Crippen molar-refractivity contribution in [2.75, 3.05) is 18.4 Å². The monoisotopic (exact) mass is 272 g/mol. The van der Waals surface area contributed by atoms with Gasteiger partial charge in [0.05, 0.1) is 17.6 Å². The van der Waals surface area contributed by atoms with Crippen molar-refractivity contribution >= 4 is 23.2 Å². The fraction of sp³-hybridized carbons (Fsp3) is 0.214. The number of nitrogens with two attached hydrogens (primary N) is 1. The fourth-order valence-corrected chi connectivity index (χ4v) is 2.05. The summed E-state index contributed by atoms with van der Waals surface area (Å²) in [6.07, 6.45) is 5.71. The van der Waals surface area contributed by atoms with Crippen LogP contribution in [-0.4, -0.2) is 34.9 Å². The Bertz CT molecular complexity index is 563. The zero-order valence-corrected chi connectivity index (χ0v) is 11.0. The van der Waals surface area contributed by atoms with Crippen LogP contribution in [0.5, 0.6) is 0 Å². The topological polar surface area (TPSA) is 88.3 Å². The molecule has 6 nitrogen and oxygen atoms in total. The smallest absolute Gasteiger partial charge is 0.316 e. The standard InChI is InChI=1S/C14H16N4O2/c1-2-13(19)18-7-3-4-10(9-18)12-6-5-11(8-16-12)17-14(15)20/h2,4-6,8H,1,3,7,9H2,(H3,15,17,20). The van der Waals surface area contributed by atoms with Crippen molar-refractivity contribution < 1.29 is 9.59 Å². The first-order chi connectivity index (χ1) is 9.60. The Morgan fingerprint density at radius 2 is 2.25 bits per heavy atom. The van der Waals surface area contributed by atoms with Crippen molar-refractivity contribution in [1.82, 2.24) is 9.88 Å². The largest absolute Gasteiger partial charge is 0.351 e. The quantitative estimate of drug-likeness (QED) is 0.814. The first-order valence-corrected chi connectivity index (χ1v) is 6.23. The SMILES string of the molecule is C=CC(=O)N1CCC=C(c2ccc(NC(N)=O)cn2)C1. The Kier molecular flexibility index (Phi) is 4.14. The fourth-order valence-electron chi connectivity index (χ4n) is 2.05. The summed E-state index contributed by atoms with van der Waals surface area (Å²) in [5.74, 6) is -0.0809. The van der Waals surface area contributed by atoms with Crippen molar-refractivity contribution in [3.63, 3.8) is 0 Å². The van der Waals surface area contributed by atoms with Crippen LogP contribution in [0.1, 0.15) is 12.1 Å². The molecule has 0 bridgehead atoms. The zero-order valence-electron chi connectivity index (χ0n) is 11.0. The lowest BCUT2D eigenvalue weighted by atomic mass is 10.1. The molecule has 20 heavy (non-hydrogen) atoms. The molecular weight excluding hydrogens is 256 g/mol. The zero-order chi connectivity index (χ0) is 14.5.